The average Bonchev–Trinajstić information content (AvgIpc) is 2.67. The molecule has 2 aromatic carbocycles. The van der Waals surface area contributed by atoms with Crippen LogP contribution in [0.2, 0.25) is 0 Å². The summed E-state index contributed by atoms with van der Waals surface area (Å²) in [5.74, 6) is 0. The number of carbonyl (C=O) groups is 1. The van der Waals surface area contributed by atoms with E-state index in [4.69, 9.17) is 10.4 Å². The van der Waals surface area contributed by atoms with Gasteiger partial charge < -0.3 is 30.9 Å². The molecule has 0 aromatic heterocycles. The van der Waals surface area contributed by atoms with Crippen LogP contribution in [0.4, 0.5) is 21.9 Å². The van der Waals surface area contributed by atoms with E-state index in [1.54, 1.807) is 65.0 Å². The molecule has 2 aromatic rings. The topological polar surface area (TPSA) is 128 Å². The van der Waals surface area contributed by atoms with Crippen molar-refractivity contribution < 1.29 is 24.7 Å². The first kappa shape index (κ1) is 24.5. The highest BCUT2D eigenvalue weighted by atomic mass is 16.5. The maximum atomic E-state index is 11.3. The third-order valence-corrected chi connectivity index (χ3v) is 5.51. The molecule has 1 amide bonds. The zero-order chi connectivity index (χ0) is 23.4. The van der Waals surface area contributed by atoms with Crippen LogP contribution in [0.5, 0.6) is 0 Å². The Labute approximate surface area is 183 Å². The first-order valence-corrected chi connectivity index (χ1v) is 10.2. The zero-order valence-corrected chi connectivity index (χ0v) is 18.7. The lowest BCUT2D eigenvalue weighted by Gasteiger charge is -2.38. The number of nitrogen functional groups attached to an aromatic ring is 1. The van der Waals surface area contributed by atoms with E-state index >= 15 is 0 Å². The van der Waals surface area contributed by atoms with Crippen molar-refractivity contribution in [2.45, 2.75) is 52.4 Å². The summed E-state index contributed by atoms with van der Waals surface area (Å²) in [6.45, 7) is 9.29. The summed E-state index contributed by atoms with van der Waals surface area (Å²) in [6.07, 6.45) is -1.05. The molecule has 0 heterocycles. The molecule has 0 saturated heterocycles. The molecular formula is C22H32BN3O5. The summed E-state index contributed by atoms with van der Waals surface area (Å²) >= 11 is 0. The number of rotatable bonds is 9. The molecule has 9 heteroatoms. The van der Waals surface area contributed by atoms with Crippen molar-refractivity contribution >= 4 is 35.7 Å². The van der Waals surface area contributed by atoms with Crippen LogP contribution in [0.15, 0.2) is 42.5 Å². The molecule has 0 spiro atoms. The van der Waals surface area contributed by atoms with Gasteiger partial charge in [-0.2, -0.15) is 0 Å². The monoisotopic (exact) mass is 429 g/mol. The number of anilines is 3. The number of aliphatic hydroxyl groups is 1. The number of nitrogens with two attached hydrogens (primary N) is 1. The molecule has 0 aliphatic heterocycles. The van der Waals surface area contributed by atoms with E-state index in [0.29, 0.717) is 29.9 Å². The average molecular weight is 429 g/mol. The molecule has 0 atom stereocenters. The summed E-state index contributed by atoms with van der Waals surface area (Å²) in [6, 6.07) is 12.4. The van der Waals surface area contributed by atoms with Crippen LogP contribution in [0.25, 0.3) is 0 Å². The van der Waals surface area contributed by atoms with E-state index in [1.807, 2.05) is 12.1 Å². The predicted octanol–water partition coefficient (Wildman–Crippen LogP) is 2.64. The molecule has 168 valence electrons. The molecular weight excluding hydrogens is 397 g/mol. The first-order chi connectivity index (χ1) is 14.4. The van der Waals surface area contributed by atoms with Gasteiger partial charge in [0.1, 0.15) is 0 Å². The number of amides is 1. The Balaban J connectivity index is 2.01. The van der Waals surface area contributed by atoms with Crippen LogP contribution in [0.1, 0.15) is 40.2 Å². The van der Waals surface area contributed by atoms with Gasteiger partial charge in [-0.05, 0) is 63.8 Å². The molecule has 0 saturated carbocycles. The molecule has 2 rings (SSSR count). The number of benzene rings is 2. The smallest absolute Gasteiger partial charge is 0.465 e. The summed E-state index contributed by atoms with van der Waals surface area (Å²) in [5.41, 5.74) is 7.13. The lowest BCUT2D eigenvalue weighted by molar-refractivity contribution is -0.0982. The quantitative estimate of drug-likeness (QED) is 0.306. The highest BCUT2D eigenvalue weighted by Gasteiger charge is 2.39. The number of carboxylic acid groups (broad SMARTS) is 1. The zero-order valence-electron chi connectivity index (χ0n) is 18.7. The van der Waals surface area contributed by atoms with Crippen molar-refractivity contribution in [1.29, 1.82) is 0 Å². The first-order valence-electron chi connectivity index (χ1n) is 10.2. The second kappa shape index (κ2) is 9.59. The second-order valence-electron chi connectivity index (χ2n) is 8.44. The molecule has 8 nitrogen and oxygen atoms in total. The highest BCUT2D eigenvalue weighted by Crippen LogP contribution is 2.27. The maximum absolute atomic E-state index is 11.3. The van der Waals surface area contributed by atoms with E-state index in [9.17, 15) is 20.0 Å². The van der Waals surface area contributed by atoms with Crippen LogP contribution in [-0.2, 0) is 11.2 Å². The van der Waals surface area contributed by atoms with Crippen LogP contribution < -0.4 is 21.4 Å². The number of hydrogen-bond donors (Lipinski definition) is 5. The van der Waals surface area contributed by atoms with Gasteiger partial charge in [0.2, 0.25) is 0 Å². The Morgan fingerprint density at radius 2 is 1.77 bits per heavy atom. The van der Waals surface area contributed by atoms with Crippen LogP contribution >= 0.6 is 0 Å². The van der Waals surface area contributed by atoms with E-state index in [-0.39, 0.29) is 0 Å². The van der Waals surface area contributed by atoms with Crippen LogP contribution in [0, 0.1) is 0 Å². The Bertz CT molecular complexity index is 897. The highest BCUT2D eigenvalue weighted by molar-refractivity contribution is 6.60. The fourth-order valence-corrected chi connectivity index (χ4v) is 2.81. The van der Waals surface area contributed by atoms with Crippen molar-refractivity contribution in [2.75, 3.05) is 22.5 Å². The van der Waals surface area contributed by atoms with Gasteiger partial charge in [-0.3, -0.25) is 4.90 Å². The van der Waals surface area contributed by atoms with Gasteiger partial charge in [0.05, 0.1) is 22.6 Å². The van der Waals surface area contributed by atoms with Crippen molar-refractivity contribution in [3.05, 3.63) is 48.0 Å². The normalized spacial score (nSPS) is 11.8. The van der Waals surface area contributed by atoms with Crippen molar-refractivity contribution in [2.24, 2.45) is 0 Å². The van der Waals surface area contributed by atoms with E-state index in [0.717, 1.165) is 11.3 Å². The van der Waals surface area contributed by atoms with Crippen LogP contribution in [-0.4, -0.2) is 46.2 Å². The second-order valence-corrected chi connectivity index (χ2v) is 8.44. The minimum atomic E-state index is -1.16. The van der Waals surface area contributed by atoms with Crippen LogP contribution in [0.3, 0.4) is 0 Å². The molecule has 31 heavy (non-hydrogen) atoms. The lowest BCUT2D eigenvalue weighted by Crippen LogP contribution is -2.53. The van der Waals surface area contributed by atoms with Gasteiger partial charge >= 0.3 is 13.2 Å². The van der Waals surface area contributed by atoms with Gasteiger partial charge in [-0.25, -0.2) is 4.79 Å². The van der Waals surface area contributed by atoms with Gasteiger partial charge in [0, 0.05) is 18.8 Å². The molecule has 0 bridgehead atoms. The minimum absolute atomic E-state index is 0.307. The summed E-state index contributed by atoms with van der Waals surface area (Å²) in [4.78, 5) is 12.5. The van der Waals surface area contributed by atoms with Gasteiger partial charge in [-0.15, -0.1) is 0 Å². The molecule has 0 aliphatic carbocycles. The van der Waals surface area contributed by atoms with Gasteiger partial charge in [0.25, 0.3) is 0 Å². The summed E-state index contributed by atoms with van der Waals surface area (Å²) < 4.78 is 5.66. The third-order valence-electron chi connectivity index (χ3n) is 5.51. The van der Waals surface area contributed by atoms with Crippen molar-refractivity contribution in [3.8, 4) is 0 Å². The minimum Gasteiger partial charge on any atom is -0.465 e. The number of nitrogens with one attached hydrogen (secondary N) is 1. The third kappa shape index (κ3) is 6.13. The number of hydrogen-bond acceptors (Lipinski definition) is 6. The maximum Gasteiger partial charge on any atom is 0.491 e. The standard InChI is InChI=1S/C22H32BN3O5/c1-6-26(20(27)28)19-12-11-17(13-18(19)24)25-14-15-7-9-16(10-8-15)23(30)31-22(4,5)21(2,3)29/h7-13,25,29-30H,6,14,24H2,1-5H3,(H,27,28). The Hall–Kier alpha value is -2.75. The fourth-order valence-electron chi connectivity index (χ4n) is 2.81. The van der Waals surface area contributed by atoms with Crippen molar-refractivity contribution in [1.82, 2.24) is 0 Å². The van der Waals surface area contributed by atoms with Crippen molar-refractivity contribution in [3.63, 3.8) is 0 Å². The summed E-state index contributed by atoms with van der Waals surface area (Å²) in [7, 11) is -1.16. The predicted molar refractivity (Wildman–Crippen MR) is 125 cm³/mol. The Kier molecular flexibility index (Phi) is 7.59. The molecule has 0 unspecified atom stereocenters. The van der Waals surface area contributed by atoms with E-state index in [1.165, 1.54) is 4.90 Å². The Morgan fingerprint density at radius 3 is 2.26 bits per heavy atom. The molecule has 0 aliphatic rings. The number of nitrogens with zero attached hydrogens (tertiary/aromatic N) is 1. The molecule has 0 fully saturated rings. The van der Waals surface area contributed by atoms with Gasteiger partial charge in [-0.1, -0.05) is 24.3 Å². The van der Waals surface area contributed by atoms with E-state index < -0.39 is 24.4 Å². The lowest BCUT2D eigenvalue weighted by atomic mass is 9.76. The Morgan fingerprint density at radius 1 is 1.16 bits per heavy atom. The fraction of sp³-hybridized carbons (Fsp3) is 0.409. The van der Waals surface area contributed by atoms with E-state index in [2.05, 4.69) is 5.32 Å². The van der Waals surface area contributed by atoms with Gasteiger partial charge in [0.15, 0.2) is 0 Å². The largest absolute Gasteiger partial charge is 0.491 e. The molecule has 0 radical (unpaired) electrons. The SMILES string of the molecule is CCN(C(=O)O)c1ccc(NCc2ccc(B(O)OC(C)(C)C(C)(C)O)cc2)cc1N. The molecule has 6 N–H and O–H groups in total. The summed E-state index contributed by atoms with van der Waals surface area (Å²) in [5, 5.41) is 33.1.